The largest absolute Gasteiger partial charge is 0.392 e. The molecule has 0 aromatic heterocycles. The van der Waals surface area contributed by atoms with E-state index in [9.17, 15) is 28.4 Å². The zero-order valence-electron chi connectivity index (χ0n) is 30.3. The second-order valence-corrected chi connectivity index (χ2v) is 16.8. The molecule has 3 N–H and O–H groups in total. The first-order valence-corrected chi connectivity index (χ1v) is 20.8. The van der Waals surface area contributed by atoms with Crippen LogP contribution in [0, 0.1) is 10.1 Å². The first-order chi connectivity index (χ1) is 26.6. The number of nitrogens with zero attached hydrogens (tertiary/aromatic N) is 3. The highest BCUT2D eigenvalue weighted by Gasteiger charge is 2.33. The van der Waals surface area contributed by atoms with Crippen molar-refractivity contribution in [3.8, 4) is 11.1 Å². The highest BCUT2D eigenvalue weighted by molar-refractivity contribution is 7.99. The number of hydrogen-bond acceptors (Lipinski definition) is 10. The molecule has 56 heavy (non-hydrogen) atoms. The number of nitrogens with one attached hydrogen (secondary N) is 2. The lowest BCUT2D eigenvalue weighted by Crippen LogP contribution is -2.54. The van der Waals surface area contributed by atoms with Crippen LogP contribution in [0.2, 0.25) is 5.02 Å². The van der Waals surface area contributed by atoms with Crippen LogP contribution in [0.1, 0.15) is 33.5 Å². The van der Waals surface area contributed by atoms with Crippen LogP contribution in [0.3, 0.4) is 0 Å². The predicted octanol–water partition coefficient (Wildman–Crippen LogP) is 7.79. The number of halogens is 2. The number of thioether (sulfide) groups is 1. The molecule has 0 radical (unpaired) electrons. The van der Waals surface area contributed by atoms with Gasteiger partial charge in [0, 0.05) is 71.8 Å². The summed E-state index contributed by atoms with van der Waals surface area (Å²) in [7, 11) is -4.43. The molecule has 5 aromatic carbocycles. The molecular weight excluding hydrogens is 794 g/mol. The van der Waals surface area contributed by atoms with Gasteiger partial charge < -0.3 is 15.3 Å². The number of sulfonamides is 1. The molecule has 0 spiro atoms. The van der Waals surface area contributed by atoms with Crippen molar-refractivity contribution < 1.29 is 23.2 Å². The molecule has 292 valence electrons. The Bertz CT molecular complexity index is 2330. The molecule has 0 bridgehead atoms. The van der Waals surface area contributed by atoms with Gasteiger partial charge in [0.1, 0.15) is 5.69 Å². The Balaban J connectivity index is 0.00000532. The van der Waals surface area contributed by atoms with Gasteiger partial charge in [0.25, 0.3) is 21.6 Å². The number of aliphatic hydroxyl groups excluding tert-OH is 1. The number of aliphatic hydroxyl groups is 1. The minimum atomic E-state index is -4.43. The van der Waals surface area contributed by atoms with Crippen LogP contribution >= 0.6 is 35.8 Å². The Morgan fingerprint density at radius 1 is 0.946 bits per heavy atom. The molecule has 0 unspecified atom stereocenters. The summed E-state index contributed by atoms with van der Waals surface area (Å²) in [5, 5.41) is 25.2. The van der Waals surface area contributed by atoms with Crippen molar-refractivity contribution in [3.63, 3.8) is 0 Å². The van der Waals surface area contributed by atoms with E-state index in [0.717, 1.165) is 72.4 Å². The number of amides is 1. The molecule has 11 nitrogen and oxygen atoms in total. The number of rotatable bonds is 13. The van der Waals surface area contributed by atoms with E-state index in [0.29, 0.717) is 23.4 Å². The summed E-state index contributed by atoms with van der Waals surface area (Å²) >= 11 is 7.62. The van der Waals surface area contributed by atoms with Crippen molar-refractivity contribution in [2.75, 3.05) is 42.1 Å². The van der Waals surface area contributed by atoms with Crippen LogP contribution in [0.25, 0.3) is 11.1 Å². The second-order valence-electron chi connectivity index (χ2n) is 13.5. The van der Waals surface area contributed by atoms with Crippen LogP contribution in [-0.2, 0) is 29.6 Å². The maximum absolute atomic E-state index is 13.3. The fraction of sp³-hybridized carbons (Fsp3) is 0.244. The summed E-state index contributed by atoms with van der Waals surface area (Å²) in [6.07, 6.45) is 1.64. The van der Waals surface area contributed by atoms with E-state index in [4.69, 9.17) is 11.6 Å². The average molecular weight is 835 g/mol. The first-order valence-electron chi connectivity index (χ1n) is 18.0. The predicted molar refractivity (Wildman–Crippen MR) is 225 cm³/mol. The lowest BCUT2D eigenvalue weighted by molar-refractivity contribution is -0.384. The quantitative estimate of drug-likeness (QED) is 0.0466. The van der Waals surface area contributed by atoms with Gasteiger partial charge in [-0.25, -0.2) is 13.1 Å². The van der Waals surface area contributed by atoms with Crippen molar-refractivity contribution in [2.45, 2.75) is 41.8 Å². The third-order valence-corrected chi connectivity index (χ3v) is 12.8. The second kappa shape index (κ2) is 18.1. The summed E-state index contributed by atoms with van der Waals surface area (Å²) in [5.74, 6) is -0.262. The van der Waals surface area contributed by atoms with Gasteiger partial charge in [-0.3, -0.25) is 19.8 Å². The number of aryl methyl sites for hydroxylation is 1. The molecule has 2 aliphatic rings. The smallest absolute Gasteiger partial charge is 0.293 e. The van der Waals surface area contributed by atoms with Crippen LogP contribution < -0.4 is 14.9 Å². The Morgan fingerprint density at radius 2 is 1.70 bits per heavy atom. The number of fused-ring (bicyclic) bond motifs is 3. The fourth-order valence-corrected chi connectivity index (χ4v) is 9.34. The molecule has 1 fully saturated rings. The van der Waals surface area contributed by atoms with Gasteiger partial charge in [-0.05, 0) is 89.2 Å². The van der Waals surface area contributed by atoms with Crippen molar-refractivity contribution in [1.82, 2.24) is 9.62 Å². The first kappa shape index (κ1) is 41.0. The minimum Gasteiger partial charge on any atom is -0.392 e. The number of piperazine rings is 1. The molecule has 0 saturated carbocycles. The summed E-state index contributed by atoms with van der Waals surface area (Å²) in [4.78, 5) is 30.0. The summed E-state index contributed by atoms with van der Waals surface area (Å²) in [6.45, 7) is 3.66. The SMILES string of the molecule is Cl.O=C(NS(=O)(=O)c1ccc(NCCSc2ccccc2CO)c([N+](=O)[O-])c1)c1ccc2c(c1)CC[C@H]1CN(Cc3ccccc3-c3ccc(Cl)cc3)CCN21. The molecule has 2 aliphatic heterocycles. The standard InChI is InChI=1S/C41H40ClN5O6S2.ClH/c42-33-13-9-28(10-14-33)36-7-3-1-5-31(36)25-45-20-21-46-34(26-45)15-11-29-23-30(12-18-38(29)46)41(49)44-55(52,53)35-16-17-37(39(24-35)47(50)51)43-19-22-54-40-8-4-2-6-32(40)27-48;/h1-10,12-14,16-18,23-24,34,43,48H,11,15,19-22,25-27H2,(H,44,49);1H/t34-;/m0./s1. The highest BCUT2D eigenvalue weighted by atomic mass is 35.5. The average Bonchev–Trinajstić information content (AvgIpc) is 3.19. The van der Waals surface area contributed by atoms with Crippen LogP contribution in [0.5, 0.6) is 0 Å². The van der Waals surface area contributed by atoms with Crippen molar-refractivity contribution in [3.05, 3.63) is 147 Å². The van der Waals surface area contributed by atoms with Crippen LogP contribution in [0.4, 0.5) is 17.1 Å². The Morgan fingerprint density at radius 3 is 2.46 bits per heavy atom. The number of nitro benzene ring substituents is 1. The maximum Gasteiger partial charge on any atom is 0.293 e. The van der Waals surface area contributed by atoms with E-state index in [-0.39, 0.29) is 35.2 Å². The van der Waals surface area contributed by atoms with Gasteiger partial charge in [-0.15, -0.1) is 24.2 Å². The fourth-order valence-electron chi connectivity index (χ4n) is 7.31. The lowest BCUT2D eigenvalue weighted by atomic mass is 9.92. The number of carbonyl (C=O) groups excluding carboxylic acids is 1. The van der Waals surface area contributed by atoms with Crippen molar-refractivity contribution in [1.29, 1.82) is 0 Å². The normalized spacial score (nSPS) is 15.2. The van der Waals surface area contributed by atoms with Crippen LogP contribution in [0.15, 0.2) is 119 Å². The van der Waals surface area contributed by atoms with Gasteiger partial charge in [0.2, 0.25) is 0 Å². The molecule has 7 rings (SSSR count). The van der Waals surface area contributed by atoms with E-state index < -0.39 is 26.5 Å². The van der Waals surface area contributed by atoms with Gasteiger partial charge in [-0.1, -0.05) is 66.2 Å². The van der Waals surface area contributed by atoms with Crippen LogP contribution in [-0.4, -0.2) is 67.2 Å². The van der Waals surface area contributed by atoms with E-state index in [2.05, 4.69) is 44.1 Å². The Kier molecular flexibility index (Phi) is 13.3. The lowest BCUT2D eigenvalue weighted by Gasteiger charge is -2.46. The third kappa shape index (κ3) is 9.31. The summed E-state index contributed by atoms with van der Waals surface area (Å²) in [6, 6.07) is 32.9. The number of nitro groups is 1. The molecule has 1 saturated heterocycles. The number of carbonyl (C=O) groups is 1. The van der Waals surface area contributed by atoms with Gasteiger partial charge in [0.15, 0.2) is 0 Å². The number of benzene rings is 5. The minimum absolute atomic E-state index is 0. The van der Waals surface area contributed by atoms with Gasteiger partial charge in [0.05, 0.1) is 16.4 Å². The molecule has 1 amide bonds. The number of anilines is 2. The monoisotopic (exact) mass is 833 g/mol. The summed E-state index contributed by atoms with van der Waals surface area (Å²) in [5.41, 5.74) is 6.33. The molecule has 0 aliphatic carbocycles. The molecular formula is C41H41Cl2N5O6S2. The summed E-state index contributed by atoms with van der Waals surface area (Å²) < 4.78 is 28.7. The van der Waals surface area contributed by atoms with E-state index in [1.807, 2.05) is 54.6 Å². The van der Waals surface area contributed by atoms with Crippen molar-refractivity contribution >= 4 is 68.8 Å². The zero-order valence-corrected chi connectivity index (χ0v) is 33.5. The van der Waals surface area contributed by atoms with E-state index >= 15 is 0 Å². The Labute approximate surface area is 341 Å². The Hall–Kier alpha value is -4.63. The van der Waals surface area contributed by atoms with E-state index in [1.54, 1.807) is 12.1 Å². The van der Waals surface area contributed by atoms with Crippen molar-refractivity contribution in [2.24, 2.45) is 0 Å². The maximum atomic E-state index is 13.3. The third-order valence-electron chi connectivity index (χ3n) is 10.1. The zero-order chi connectivity index (χ0) is 38.5. The molecule has 15 heteroatoms. The number of hydrogen-bond donors (Lipinski definition) is 3. The van der Waals surface area contributed by atoms with Gasteiger partial charge in [-0.2, -0.15) is 0 Å². The topological polar surface area (TPSA) is 145 Å². The highest BCUT2D eigenvalue weighted by Crippen LogP contribution is 2.35. The molecule has 1 atom stereocenters. The molecule has 5 aromatic rings. The van der Waals surface area contributed by atoms with Gasteiger partial charge >= 0.3 is 0 Å². The molecule has 2 heterocycles. The van der Waals surface area contributed by atoms with E-state index in [1.165, 1.54) is 35.0 Å².